The number of fused-ring (bicyclic) bond motifs is 1. The third kappa shape index (κ3) is 5.07. The first-order valence-electron chi connectivity index (χ1n) is 9.13. The number of hydrogen-bond acceptors (Lipinski definition) is 5. The lowest BCUT2D eigenvalue weighted by Gasteiger charge is -2.05. The number of nitrogens with zero attached hydrogens (tertiary/aromatic N) is 1. The number of thioether (sulfide) groups is 1. The van der Waals surface area contributed by atoms with Gasteiger partial charge in [0.15, 0.2) is 4.34 Å². The minimum Gasteiger partial charge on any atom is -0.323 e. The van der Waals surface area contributed by atoms with E-state index in [9.17, 15) is 18.4 Å². The number of anilines is 2. The molecule has 4 rings (SSSR count). The number of hydrogen-bond donors (Lipinski definition) is 2. The van der Waals surface area contributed by atoms with E-state index in [1.165, 1.54) is 53.4 Å². The van der Waals surface area contributed by atoms with Gasteiger partial charge in [-0.15, -0.1) is 11.3 Å². The van der Waals surface area contributed by atoms with Crippen LogP contribution in [0.25, 0.3) is 10.2 Å². The summed E-state index contributed by atoms with van der Waals surface area (Å²) < 4.78 is 28.9. The van der Waals surface area contributed by atoms with Crippen LogP contribution in [0.15, 0.2) is 71.1 Å². The summed E-state index contributed by atoms with van der Waals surface area (Å²) in [7, 11) is 0. The third-order valence-electron chi connectivity index (χ3n) is 4.22. The van der Waals surface area contributed by atoms with Crippen molar-refractivity contribution in [3.8, 4) is 0 Å². The summed E-state index contributed by atoms with van der Waals surface area (Å²) in [5, 5.41) is 5.21. The van der Waals surface area contributed by atoms with Crippen molar-refractivity contribution in [2.24, 2.45) is 0 Å². The standard InChI is InChI=1S/C22H15F2N3O2S2/c23-15-6-2-1-5-14(15)21(29)25-13-9-10-18-19(11-13)31-22(27-18)30-12-20(28)26-17-8-4-3-7-16(17)24/h1-11H,12H2,(H,25,29)(H,26,28). The van der Waals surface area contributed by atoms with E-state index in [1.807, 2.05) is 0 Å². The highest BCUT2D eigenvalue weighted by Crippen LogP contribution is 2.31. The number of aromatic nitrogens is 1. The molecule has 0 radical (unpaired) electrons. The molecule has 9 heteroatoms. The Hall–Kier alpha value is -3.30. The number of amides is 2. The van der Waals surface area contributed by atoms with E-state index >= 15 is 0 Å². The molecule has 4 aromatic rings. The average Bonchev–Trinajstić information content (AvgIpc) is 3.16. The van der Waals surface area contributed by atoms with Gasteiger partial charge >= 0.3 is 0 Å². The molecule has 0 saturated carbocycles. The van der Waals surface area contributed by atoms with Crippen LogP contribution in [0.5, 0.6) is 0 Å². The molecule has 0 saturated heterocycles. The molecular weight excluding hydrogens is 440 g/mol. The van der Waals surface area contributed by atoms with Crippen LogP contribution in [-0.4, -0.2) is 22.6 Å². The molecule has 0 aliphatic heterocycles. The van der Waals surface area contributed by atoms with Crippen molar-refractivity contribution in [3.63, 3.8) is 0 Å². The molecule has 156 valence electrons. The van der Waals surface area contributed by atoms with Crippen molar-refractivity contribution >= 4 is 56.5 Å². The number of rotatable bonds is 6. The van der Waals surface area contributed by atoms with Gasteiger partial charge in [0.25, 0.3) is 5.91 Å². The minimum absolute atomic E-state index is 0.0380. The fraction of sp³-hybridized carbons (Fsp3) is 0.0455. The van der Waals surface area contributed by atoms with E-state index in [0.717, 1.165) is 4.70 Å². The molecule has 0 unspecified atom stereocenters. The first-order valence-corrected chi connectivity index (χ1v) is 10.9. The lowest BCUT2D eigenvalue weighted by Crippen LogP contribution is -2.14. The van der Waals surface area contributed by atoms with Crippen LogP contribution in [0.2, 0.25) is 0 Å². The van der Waals surface area contributed by atoms with Gasteiger partial charge in [0.1, 0.15) is 11.6 Å². The Morgan fingerprint density at radius 1 is 0.935 bits per heavy atom. The van der Waals surface area contributed by atoms with Gasteiger partial charge < -0.3 is 10.6 Å². The molecule has 0 fully saturated rings. The zero-order chi connectivity index (χ0) is 21.8. The summed E-state index contributed by atoms with van der Waals surface area (Å²) in [4.78, 5) is 28.8. The van der Waals surface area contributed by atoms with Crippen LogP contribution in [0.3, 0.4) is 0 Å². The molecule has 2 N–H and O–H groups in total. The third-order valence-corrected chi connectivity index (χ3v) is 6.38. The van der Waals surface area contributed by atoms with E-state index < -0.39 is 17.5 Å². The predicted octanol–water partition coefficient (Wildman–Crippen LogP) is 5.56. The second-order valence-corrected chi connectivity index (χ2v) is 8.67. The SMILES string of the molecule is O=C(CSc1nc2ccc(NC(=O)c3ccccc3F)cc2s1)Nc1ccccc1F. The Bertz CT molecular complexity index is 1280. The number of halogens is 2. The summed E-state index contributed by atoms with van der Waals surface area (Å²) in [6, 6.07) is 16.9. The van der Waals surface area contributed by atoms with Crippen molar-refractivity contribution in [2.45, 2.75) is 4.34 Å². The summed E-state index contributed by atoms with van der Waals surface area (Å²) in [5.41, 5.74) is 1.32. The van der Waals surface area contributed by atoms with E-state index in [-0.39, 0.29) is 22.9 Å². The predicted molar refractivity (Wildman–Crippen MR) is 120 cm³/mol. The van der Waals surface area contributed by atoms with Crippen molar-refractivity contribution in [2.75, 3.05) is 16.4 Å². The number of benzene rings is 3. The zero-order valence-corrected chi connectivity index (χ0v) is 17.5. The summed E-state index contributed by atoms with van der Waals surface area (Å²) in [6.45, 7) is 0. The minimum atomic E-state index is -0.591. The van der Waals surface area contributed by atoms with Crippen molar-refractivity contribution in [1.82, 2.24) is 4.98 Å². The highest BCUT2D eigenvalue weighted by atomic mass is 32.2. The number of carbonyl (C=O) groups is 2. The smallest absolute Gasteiger partial charge is 0.258 e. The van der Waals surface area contributed by atoms with Crippen molar-refractivity contribution in [3.05, 3.63) is 83.9 Å². The lowest BCUT2D eigenvalue weighted by atomic mass is 10.2. The van der Waals surface area contributed by atoms with Crippen LogP contribution in [0.1, 0.15) is 10.4 Å². The number of thiazole rings is 1. The van der Waals surface area contributed by atoms with E-state index in [1.54, 1.807) is 36.4 Å². The zero-order valence-electron chi connectivity index (χ0n) is 15.9. The maximum Gasteiger partial charge on any atom is 0.258 e. The first-order chi connectivity index (χ1) is 15.0. The van der Waals surface area contributed by atoms with Crippen molar-refractivity contribution < 1.29 is 18.4 Å². The highest BCUT2D eigenvalue weighted by Gasteiger charge is 2.13. The maximum absolute atomic E-state index is 13.8. The molecule has 5 nitrogen and oxygen atoms in total. The Morgan fingerprint density at radius 2 is 1.68 bits per heavy atom. The fourth-order valence-electron chi connectivity index (χ4n) is 2.76. The number of carbonyl (C=O) groups excluding carboxylic acids is 2. The van der Waals surface area contributed by atoms with Crippen LogP contribution >= 0.6 is 23.1 Å². The molecule has 1 aromatic heterocycles. The van der Waals surface area contributed by atoms with E-state index in [0.29, 0.717) is 15.5 Å². The van der Waals surface area contributed by atoms with Crippen molar-refractivity contribution in [1.29, 1.82) is 0 Å². The van der Waals surface area contributed by atoms with Gasteiger partial charge in [-0.3, -0.25) is 9.59 Å². The fourth-order valence-corrected chi connectivity index (χ4v) is 4.67. The molecule has 0 aliphatic rings. The van der Waals surface area contributed by atoms with Crippen LogP contribution < -0.4 is 10.6 Å². The largest absolute Gasteiger partial charge is 0.323 e. The molecule has 3 aromatic carbocycles. The van der Waals surface area contributed by atoms with Gasteiger partial charge in [-0.05, 0) is 42.5 Å². The topological polar surface area (TPSA) is 71.1 Å². The Kier molecular flexibility index (Phi) is 6.24. The second kappa shape index (κ2) is 9.23. The second-order valence-electron chi connectivity index (χ2n) is 6.41. The molecule has 0 spiro atoms. The van der Waals surface area contributed by atoms with Gasteiger partial charge in [0.05, 0.1) is 27.2 Å². The average molecular weight is 456 g/mol. The number of para-hydroxylation sites is 1. The van der Waals surface area contributed by atoms with Gasteiger partial charge in [-0.1, -0.05) is 36.0 Å². The molecule has 0 aliphatic carbocycles. The summed E-state index contributed by atoms with van der Waals surface area (Å²) >= 11 is 2.60. The van der Waals surface area contributed by atoms with Gasteiger partial charge in [0.2, 0.25) is 5.91 Å². The normalized spacial score (nSPS) is 10.8. The van der Waals surface area contributed by atoms with Crippen LogP contribution in [0, 0.1) is 11.6 Å². The van der Waals surface area contributed by atoms with E-state index in [2.05, 4.69) is 15.6 Å². The maximum atomic E-state index is 13.8. The lowest BCUT2D eigenvalue weighted by molar-refractivity contribution is -0.113. The number of nitrogens with one attached hydrogen (secondary N) is 2. The van der Waals surface area contributed by atoms with Gasteiger partial charge in [-0.2, -0.15) is 0 Å². The van der Waals surface area contributed by atoms with Crippen LogP contribution in [-0.2, 0) is 4.79 Å². The summed E-state index contributed by atoms with van der Waals surface area (Å²) in [5.74, 6) is -1.89. The molecule has 0 bridgehead atoms. The van der Waals surface area contributed by atoms with Gasteiger partial charge in [-0.25, -0.2) is 13.8 Å². The summed E-state index contributed by atoms with van der Waals surface area (Å²) in [6.07, 6.45) is 0. The Morgan fingerprint density at radius 3 is 2.45 bits per heavy atom. The first kappa shape index (κ1) is 21.0. The molecule has 0 atom stereocenters. The molecule has 2 amide bonds. The molecule has 31 heavy (non-hydrogen) atoms. The molecular formula is C22H15F2N3O2S2. The quantitative estimate of drug-likeness (QED) is 0.374. The highest BCUT2D eigenvalue weighted by molar-refractivity contribution is 8.01. The monoisotopic (exact) mass is 455 g/mol. The van der Waals surface area contributed by atoms with Gasteiger partial charge in [0, 0.05) is 5.69 Å². The Labute approximate surface area is 184 Å². The Balaban J connectivity index is 1.40. The molecule has 1 heterocycles. The van der Waals surface area contributed by atoms with E-state index in [4.69, 9.17) is 0 Å². The van der Waals surface area contributed by atoms with Crippen LogP contribution in [0.4, 0.5) is 20.2 Å².